The molecule has 2 rings (SSSR count). The summed E-state index contributed by atoms with van der Waals surface area (Å²) in [7, 11) is -4.03. The van der Waals surface area contributed by atoms with Crippen molar-refractivity contribution in [3.8, 4) is 5.75 Å². The quantitative estimate of drug-likeness (QED) is 0.171. The normalized spacial score (nSPS) is 12.9. The number of carboxylic acid groups (broad SMARTS) is 2. The summed E-state index contributed by atoms with van der Waals surface area (Å²) in [5, 5.41) is 30.2. The van der Waals surface area contributed by atoms with Crippen molar-refractivity contribution in [3.63, 3.8) is 0 Å². The van der Waals surface area contributed by atoms with Crippen molar-refractivity contribution in [2.24, 2.45) is 5.92 Å². The number of hydrogen-bond acceptors (Lipinski definition) is 7. The van der Waals surface area contributed by atoms with Gasteiger partial charge in [-0.05, 0) is 43.0 Å². The van der Waals surface area contributed by atoms with Gasteiger partial charge in [0.05, 0.1) is 4.90 Å². The molecule has 2 atom stereocenters. The molecule has 0 saturated carbocycles. The molecule has 0 aliphatic rings. The Labute approximate surface area is 208 Å². The number of phenols is 1. The van der Waals surface area contributed by atoms with Crippen LogP contribution in [0.15, 0.2) is 53.4 Å². The molecule has 5 N–H and O–H groups in total. The molecule has 1 amide bonds. The average Bonchev–Trinajstić information content (AvgIpc) is 2.83. The average molecular weight is 521 g/mol. The maximum Gasteiger partial charge on any atom is 0.339 e. The van der Waals surface area contributed by atoms with Crippen LogP contribution in [0.5, 0.6) is 5.75 Å². The lowest BCUT2D eigenvalue weighted by Crippen LogP contribution is -2.44. The van der Waals surface area contributed by atoms with E-state index in [2.05, 4.69) is 10.0 Å². The highest BCUT2D eigenvalue weighted by atomic mass is 32.2. The zero-order chi connectivity index (χ0) is 26.7. The van der Waals surface area contributed by atoms with E-state index in [0.29, 0.717) is 32.0 Å². The lowest BCUT2D eigenvalue weighted by Gasteiger charge is -2.20. The molecule has 0 aromatic heterocycles. The van der Waals surface area contributed by atoms with E-state index in [-0.39, 0.29) is 17.9 Å². The van der Waals surface area contributed by atoms with Crippen molar-refractivity contribution in [2.45, 2.75) is 43.0 Å². The third-order valence-corrected chi connectivity index (χ3v) is 6.88. The third kappa shape index (κ3) is 8.47. The van der Waals surface area contributed by atoms with E-state index in [9.17, 15) is 37.8 Å². The second-order valence-electron chi connectivity index (χ2n) is 8.07. The summed E-state index contributed by atoms with van der Waals surface area (Å²) in [5.41, 5.74) is 0.323. The second-order valence-corrected chi connectivity index (χ2v) is 9.83. The number of hydrogen-bond donors (Lipinski definition) is 5. The molecule has 0 spiro atoms. The fourth-order valence-corrected chi connectivity index (χ4v) is 4.59. The van der Waals surface area contributed by atoms with Crippen LogP contribution in [0.1, 0.15) is 41.6 Å². The molecule has 0 aliphatic carbocycles. The fourth-order valence-electron chi connectivity index (χ4n) is 3.49. The highest BCUT2D eigenvalue weighted by Crippen LogP contribution is 2.21. The highest BCUT2D eigenvalue weighted by Gasteiger charge is 2.25. The Morgan fingerprint density at radius 2 is 1.69 bits per heavy atom. The molecule has 36 heavy (non-hydrogen) atoms. The standard InChI is InChI=1S/C24H28N2O9S/c27-13-11-20(24(32)33)26-22(29)17(14-16-6-2-1-3-7-16)8-4-5-12-25-36(34,35)18-9-10-21(28)19(15-18)23(30)31/h1-3,6-7,9-10,13,15,17,20,25,28H,4-5,8,11-12,14H2,(H,26,29)(H,30,31)(H,32,33)/t17?,20-/m0/s1. The number of carbonyl (C=O) groups excluding carboxylic acids is 2. The molecule has 0 aliphatic heterocycles. The van der Waals surface area contributed by atoms with E-state index >= 15 is 0 Å². The Morgan fingerprint density at radius 1 is 1.00 bits per heavy atom. The molecule has 0 radical (unpaired) electrons. The second kappa shape index (κ2) is 13.4. The van der Waals surface area contributed by atoms with Crippen LogP contribution < -0.4 is 10.0 Å². The largest absolute Gasteiger partial charge is 0.507 e. The summed E-state index contributed by atoms with van der Waals surface area (Å²) < 4.78 is 27.3. The fraction of sp³-hybridized carbons (Fsp3) is 0.333. The molecule has 194 valence electrons. The molecule has 0 bridgehead atoms. The van der Waals surface area contributed by atoms with E-state index in [4.69, 9.17) is 5.11 Å². The summed E-state index contributed by atoms with van der Waals surface area (Å²) in [4.78, 5) is 45.7. The van der Waals surface area contributed by atoms with Crippen molar-refractivity contribution < 1.29 is 42.9 Å². The van der Waals surface area contributed by atoms with Crippen LogP contribution in [-0.2, 0) is 30.8 Å². The minimum absolute atomic E-state index is 0.00812. The van der Waals surface area contributed by atoms with Crippen LogP contribution in [0.4, 0.5) is 0 Å². The summed E-state index contributed by atoms with van der Waals surface area (Å²) in [6.45, 7) is 0.00812. The molecule has 2 aromatic carbocycles. The van der Waals surface area contributed by atoms with Gasteiger partial charge in [0, 0.05) is 18.9 Å². The maximum absolute atomic E-state index is 12.8. The van der Waals surface area contributed by atoms with Crippen LogP contribution in [0.25, 0.3) is 0 Å². The Hall–Kier alpha value is -3.77. The number of amides is 1. The summed E-state index contributed by atoms with van der Waals surface area (Å²) in [6.07, 6.45) is 1.50. The van der Waals surface area contributed by atoms with Gasteiger partial charge in [-0.2, -0.15) is 0 Å². The first-order valence-electron chi connectivity index (χ1n) is 11.1. The number of rotatable bonds is 15. The third-order valence-electron chi connectivity index (χ3n) is 5.42. The summed E-state index contributed by atoms with van der Waals surface area (Å²) in [5.74, 6) is -4.46. The van der Waals surface area contributed by atoms with Gasteiger partial charge in [0.15, 0.2) is 0 Å². The van der Waals surface area contributed by atoms with Crippen LogP contribution in [0.3, 0.4) is 0 Å². The summed E-state index contributed by atoms with van der Waals surface area (Å²) >= 11 is 0. The first kappa shape index (κ1) is 28.5. The predicted octanol–water partition coefficient (Wildman–Crippen LogP) is 1.56. The number of carboxylic acids is 2. The van der Waals surface area contributed by atoms with Gasteiger partial charge in [-0.3, -0.25) is 4.79 Å². The number of aromatic hydroxyl groups is 1. The number of aliphatic carboxylic acids is 1. The van der Waals surface area contributed by atoms with Gasteiger partial charge in [-0.15, -0.1) is 0 Å². The molecular weight excluding hydrogens is 492 g/mol. The number of benzene rings is 2. The number of aromatic carboxylic acids is 1. The van der Waals surface area contributed by atoms with E-state index in [1.165, 1.54) is 0 Å². The topological polar surface area (TPSA) is 187 Å². The molecular formula is C24H28N2O9S. The van der Waals surface area contributed by atoms with E-state index in [1.807, 2.05) is 30.3 Å². The monoisotopic (exact) mass is 520 g/mol. The number of aldehydes is 1. The molecule has 1 unspecified atom stereocenters. The molecule has 2 aromatic rings. The van der Waals surface area contributed by atoms with Gasteiger partial charge < -0.3 is 25.4 Å². The zero-order valence-corrected chi connectivity index (χ0v) is 20.1. The van der Waals surface area contributed by atoms with Crippen molar-refractivity contribution in [3.05, 3.63) is 59.7 Å². The molecule has 12 heteroatoms. The van der Waals surface area contributed by atoms with Crippen LogP contribution in [-0.4, -0.2) is 60.5 Å². The van der Waals surface area contributed by atoms with Crippen molar-refractivity contribution in [1.82, 2.24) is 10.0 Å². The zero-order valence-electron chi connectivity index (χ0n) is 19.3. The Kier molecular flexibility index (Phi) is 10.6. The SMILES string of the molecule is O=CC[C@H](NC(=O)C(CCCCNS(=O)(=O)c1ccc(O)c(C(=O)O)c1)Cc1ccccc1)C(=O)O. The Balaban J connectivity index is 1.99. The van der Waals surface area contributed by atoms with Gasteiger partial charge in [0.25, 0.3) is 0 Å². The van der Waals surface area contributed by atoms with Crippen molar-refractivity contribution in [1.29, 1.82) is 0 Å². The Morgan fingerprint density at radius 3 is 2.31 bits per heavy atom. The number of sulfonamides is 1. The van der Waals surface area contributed by atoms with Gasteiger partial charge in [-0.25, -0.2) is 22.7 Å². The van der Waals surface area contributed by atoms with Gasteiger partial charge in [-0.1, -0.05) is 36.8 Å². The van der Waals surface area contributed by atoms with Crippen molar-refractivity contribution >= 4 is 34.2 Å². The first-order chi connectivity index (χ1) is 17.0. The van der Waals surface area contributed by atoms with E-state index < -0.39 is 51.1 Å². The van der Waals surface area contributed by atoms with Crippen LogP contribution in [0.2, 0.25) is 0 Å². The number of unbranched alkanes of at least 4 members (excludes halogenated alkanes) is 1. The maximum atomic E-state index is 12.8. The molecule has 0 fully saturated rings. The van der Waals surface area contributed by atoms with Gasteiger partial charge in [0.1, 0.15) is 23.6 Å². The number of carbonyl (C=O) groups is 4. The minimum atomic E-state index is -4.03. The van der Waals surface area contributed by atoms with Gasteiger partial charge >= 0.3 is 11.9 Å². The van der Waals surface area contributed by atoms with E-state index in [1.54, 1.807) is 0 Å². The lowest BCUT2D eigenvalue weighted by molar-refractivity contribution is -0.143. The number of nitrogens with one attached hydrogen (secondary N) is 2. The van der Waals surface area contributed by atoms with Crippen molar-refractivity contribution in [2.75, 3.05) is 6.54 Å². The van der Waals surface area contributed by atoms with Crippen LogP contribution in [0, 0.1) is 5.92 Å². The molecule has 0 heterocycles. The molecule has 11 nitrogen and oxygen atoms in total. The Bertz CT molecular complexity index is 1180. The minimum Gasteiger partial charge on any atom is -0.507 e. The highest BCUT2D eigenvalue weighted by molar-refractivity contribution is 7.89. The van der Waals surface area contributed by atoms with Crippen LogP contribution >= 0.6 is 0 Å². The molecule has 0 saturated heterocycles. The predicted molar refractivity (Wildman–Crippen MR) is 128 cm³/mol. The first-order valence-corrected chi connectivity index (χ1v) is 12.6. The summed E-state index contributed by atoms with van der Waals surface area (Å²) in [6, 6.07) is 10.7. The van der Waals surface area contributed by atoms with Gasteiger partial charge in [0.2, 0.25) is 15.9 Å². The smallest absolute Gasteiger partial charge is 0.339 e. The lowest BCUT2D eigenvalue weighted by atomic mass is 9.93. The van der Waals surface area contributed by atoms with E-state index in [0.717, 1.165) is 23.8 Å².